The lowest BCUT2D eigenvalue weighted by Crippen LogP contribution is -2.41. The minimum absolute atomic E-state index is 0.0110. The molecule has 6 nitrogen and oxygen atoms in total. The van der Waals surface area contributed by atoms with Crippen molar-refractivity contribution in [1.82, 2.24) is 5.32 Å². The second-order valence-corrected chi connectivity index (χ2v) is 8.36. The summed E-state index contributed by atoms with van der Waals surface area (Å²) in [6.07, 6.45) is 1.08. The van der Waals surface area contributed by atoms with Gasteiger partial charge in [0.25, 0.3) is 5.91 Å². The van der Waals surface area contributed by atoms with E-state index in [0.717, 1.165) is 27.9 Å². The smallest absolute Gasteiger partial charge is 0.258 e. The molecule has 1 aliphatic rings. The highest BCUT2D eigenvalue weighted by atomic mass is 16.3. The van der Waals surface area contributed by atoms with Gasteiger partial charge in [-0.1, -0.05) is 49.4 Å². The molecule has 3 aromatic carbocycles. The summed E-state index contributed by atoms with van der Waals surface area (Å²) in [7, 11) is 0. The molecule has 1 unspecified atom stereocenters. The van der Waals surface area contributed by atoms with Gasteiger partial charge in [0.1, 0.15) is 5.75 Å². The molecule has 0 aliphatic carbocycles. The van der Waals surface area contributed by atoms with Crippen molar-refractivity contribution in [3.05, 3.63) is 95.1 Å². The third-order valence-electron chi connectivity index (χ3n) is 6.14. The molecule has 1 heterocycles. The van der Waals surface area contributed by atoms with Gasteiger partial charge in [-0.25, -0.2) is 0 Å². The van der Waals surface area contributed by atoms with Crippen LogP contribution in [0.25, 0.3) is 0 Å². The van der Waals surface area contributed by atoms with E-state index in [1.165, 1.54) is 0 Å². The fourth-order valence-electron chi connectivity index (χ4n) is 4.30. The topological polar surface area (TPSA) is 89.9 Å². The van der Waals surface area contributed by atoms with Crippen LogP contribution in [0.15, 0.2) is 72.8 Å². The van der Waals surface area contributed by atoms with E-state index in [9.17, 15) is 19.8 Å². The van der Waals surface area contributed by atoms with Gasteiger partial charge in [-0.3, -0.25) is 9.59 Å². The zero-order chi connectivity index (χ0) is 23.4. The summed E-state index contributed by atoms with van der Waals surface area (Å²) >= 11 is 0. The average molecular weight is 445 g/mol. The number of phenols is 1. The quantitative estimate of drug-likeness (QED) is 0.493. The molecule has 33 heavy (non-hydrogen) atoms. The Balaban J connectivity index is 1.43. The van der Waals surface area contributed by atoms with Crippen molar-refractivity contribution >= 4 is 17.5 Å². The number of carbonyl (C=O) groups excluding carboxylic acids is 2. The number of benzene rings is 3. The molecule has 0 saturated carbocycles. The Labute approximate surface area is 193 Å². The SMILES string of the molecule is CCC(C(=O)N[C@H](CO)Cc1ccc(O)cc1)c1ccc(N2Cc3ccccc3C2=O)cc1. The Hall–Kier alpha value is -3.64. The minimum atomic E-state index is -0.420. The standard InChI is InChI=1S/C27H28N2O4/c1-2-24(26(32)28-21(17-30)15-18-7-13-23(31)14-8-18)19-9-11-22(12-10-19)29-16-20-5-3-4-6-25(20)27(29)33/h3-14,21,24,30-31H,2,15-17H2,1H3,(H,28,32)/t21-,24?/m0/s1. The molecule has 0 aromatic heterocycles. The van der Waals surface area contributed by atoms with Gasteiger partial charge in [0, 0.05) is 11.3 Å². The fraction of sp³-hybridized carbons (Fsp3) is 0.259. The lowest BCUT2D eigenvalue weighted by Gasteiger charge is -2.22. The average Bonchev–Trinajstić information content (AvgIpc) is 3.17. The maximum Gasteiger partial charge on any atom is 0.258 e. The lowest BCUT2D eigenvalue weighted by atomic mass is 9.94. The molecule has 0 bridgehead atoms. The fourth-order valence-corrected chi connectivity index (χ4v) is 4.30. The number of fused-ring (bicyclic) bond motifs is 1. The molecule has 170 valence electrons. The van der Waals surface area contributed by atoms with Gasteiger partial charge in [-0.05, 0) is 59.9 Å². The monoisotopic (exact) mass is 444 g/mol. The van der Waals surface area contributed by atoms with Crippen LogP contribution in [0, 0.1) is 0 Å². The summed E-state index contributed by atoms with van der Waals surface area (Å²) in [6, 6.07) is 21.5. The van der Waals surface area contributed by atoms with Crippen molar-refractivity contribution in [2.45, 2.75) is 38.3 Å². The van der Waals surface area contributed by atoms with E-state index >= 15 is 0 Å². The van der Waals surface area contributed by atoms with Crippen LogP contribution in [0.1, 0.15) is 46.3 Å². The van der Waals surface area contributed by atoms with E-state index in [-0.39, 0.29) is 30.1 Å². The predicted molar refractivity (Wildman–Crippen MR) is 127 cm³/mol. The first-order valence-corrected chi connectivity index (χ1v) is 11.2. The Morgan fingerprint density at radius 3 is 2.36 bits per heavy atom. The second-order valence-electron chi connectivity index (χ2n) is 8.36. The van der Waals surface area contributed by atoms with Gasteiger partial charge < -0.3 is 20.4 Å². The number of aliphatic hydroxyl groups is 1. The molecule has 2 atom stereocenters. The van der Waals surface area contributed by atoms with E-state index in [0.29, 0.717) is 19.4 Å². The van der Waals surface area contributed by atoms with Crippen molar-refractivity contribution in [3.8, 4) is 5.75 Å². The predicted octanol–water partition coefficient (Wildman–Crippen LogP) is 3.77. The van der Waals surface area contributed by atoms with Crippen LogP contribution in [0.3, 0.4) is 0 Å². The number of anilines is 1. The Morgan fingerprint density at radius 1 is 1.03 bits per heavy atom. The number of hydrogen-bond donors (Lipinski definition) is 3. The van der Waals surface area contributed by atoms with E-state index in [4.69, 9.17) is 0 Å². The molecule has 0 saturated heterocycles. The molecule has 6 heteroatoms. The number of aliphatic hydroxyl groups excluding tert-OH is 1. The van der Waals surface area contributed by atoms with Gasteiger partial charge in [0.2, 0.25) is 5.91 Å². The van der Waals surface area contributed by atoms with Gasteiger partial charge in [0.15, 0.2) is 0 Å². The summed E-state index contributed by atoms with van der Waals surface area (Å²) in [5.74, 6) is -0.340. The highest BCUT2D eigenvalue weighted by molar-refractivity contribution is 6.10. The number of rotatable bonds is 8. The minimum Gasteiger partial charge on any atom is -0.508 e. The van der Waals surface area contributed by atoms with Crippen LogP contribution < -0.4 is 10.2 Å². The molecule has 3 aromatic rings. The third kappa shape index (κ3) is 4.91. The van der Waals surface area contributed by atoms with Crippen LogP contribution in [0.5, 0.6) is 5.75 Å². The van der Waals surface area contributed by atoms with Crippen LogP contribution in [-0.2, 0) is 17.8 Å². The number of carbonyl (C=O) groups is 2. The van der Waals surface area contributed by atoms with Crippen LogP contribution in [0.2, 0.25) is 0 Å². The van der Waals surface area contributed by atoms with Gasteiger partial charge in [0.05, 0.1) is 25.1 Å². The van der Waals surface area contributed by atoms with Crippen molar-refractivity contribution in [1.29, 1.82) is 0 Å². The van der Waals surface area contributed by atoms with Gasteiger partial charge in [-0.15, -0.1) is 0 Å². The Bertz CT molecular complexity index is 1130. The summed E-state index contributed by atoms with van der Waals surface area (Å²) in [5.41, 5.74) is 4.33. The zero-order valence-electron chi connectivity index (χ0n) is 18.6. The van der Waals surface area contributed by atoms with Crippen molar-refractivity contribution in [2.75, 3.05) is 11.5 Å². The number of nitrogens with zero attached hydrogens (tertiary/aromatic N) is 1. The van der Waals surface area contributed by atoms with Crippen molar-refractivity contribution in [2.24, 2.45) is 0 Å². The molecule has 0 fully saturated rings. The maximum atomic E-state index is 13.0. The molecule has 3 N–H and O–H groups in total. The number of nitrogens with one attached hydrogen (secondary N) is 1. The maximum absolute atomic E-state index is 13.0. The first kappa shape index (κ1) is 22.6. The summed E-state index contributed by atoms with van der Waals surface area (Å²) in [6.45, 7) is 2.31. The molecule has 2 amide bonds. The Kier molecular flexibility index (Phi) is 6.75. The van der Waals surface area contributed by atoms with Crippen molar-refractivity contribution < 1.29 is 19.8 Å². The van der Waals surface area contributed by atoms with Crippen LogP contribution in [0.4, 0.5) is 5.69 Å². The van der Waals surface area contributed by atoms with Crippen LogP contribution >= 0.6 is 0 Å². The van der Waals surface area contributed by atoms with Crippen LogP contribution in [-0.4, -0.2) is 34.7 Å². The molecular formula is C27H28N2O4. The molecule has 0 spiro atoms. The first-order chi connectivity index (χ1) is 16.0. The number of amides is 2. The highest BCUT2D eigenvalue weighted by Gasteiger charge is 2.28. The van der Waals surface area contributed by atoms with E-state index < -0.39 is 6.04 Å². The summed E-state index contributed by atoms with van der Waals surface area (Å²) in [4.78, 5) is 27.5. The van der Waals surface area contributed by atoms with Gasteiger partial charge >= 0.3 is 0 Å². The molecular weight excluding hydrogens is 416 g/mol. The normalized spacial score (nSPS) is 14.6. The molecule has 1 aliphatic heterocycles. The van der Waals surface area contributed by atoms with E-state index in [1.54, 1.807) is 29.2 Å². The Morgan fingerprint density at radius 2 is 1.73 bits per heavy atom. The summed E-state index contributed by atoms with van der Waals surface area (Å²) in [5, 5.41) is 22.2. The largest absolute Gasteiger partial charge is 0.508 e. The third-order valence-corrected chi connectivity index (χ3v) is 6.14. The number of aromatic hydroxyl groups is 1. The van der Waals surface area contributed by atoms with Crippen molar-refractivity contribution in [3.63, 3.8) is 0 Å². The number of phenolic OH excluding ortho intramolecular Hbond substituents is 1. The van der Waals surface area contributed by atoms with E-state index in [1.807, 2.05) is 55.5 Å². The first-order valence-electron chi connectivity index (χ1n) is 11.2. The zero-order valence-corrected chi connectivity index (χ0v) is 18.6. The lowest BCUT2D eigenvalue weighted by molar-refractivity contribution is -0.123. The molecule has 4 rings (SSSR count). The summed E-state index contributed by atoms with van der Waals surface area (Å²) < 4.78 is 0. The highest BCUT2D eigenvalue weighted by Crippen LogP contribution is 2.30. The van der Waals surface area contributed by atoms with E-state index in [2.05, 4.69) is 5.32 Å². The number of hydrogen-bond acceptors (Lipinski definition) is 4. The second kappa shape index (κ2) is 9.88. The van der Waals surface area contributed by atoms with Gasteiger partial charge in [-0.2, -0.15) is 0 Å². The molecule has 0 radical (unpaired) electrons.